The fourth-order valence-corrected chi connectivity index (χ4v) is 4.50. The zero-order valence-electron chi connectivity index (χ0n) is 15.8. The van der Waals surface area contributed by atoms with Crippen LogP contribution in [0.1, 0.15) is 33.1 Å². The van der Waals surface area contributed by atoms with Crippen molar-refractivity contribution in [1.82, 2.24) is 14.4 Å². The summed E-state index contributed by atoms with van der Waals surface area (Å²) in [5.41, 5.74) is 4.19. The standard InChI is InChI=1S/C22H19N3O4/c1-23-20(26)16-11-24(22(23)29)12-18-19(16)15-4-2-3-5-17(15)25(18)10-13-6-8-14(9-7-13)21(27)28/h2-9,16H,10-12H2,1H3,(H,27,28). The zero-order chi connectivity index (χ0) is 20.3. The number of benzene rings is 2. The number of carboxylic acids is 1. The van der Waals surface area contributed by atoms with E-state index in [0.717, 1.165) is 27.7 Å². The number of hydrogen-bond donors (Lipinski definition) is 1. The van der Waals surface area contributed by atoms with Crippen LogP contribution in [0.15, 0.2) is 48.5 Å². The van der Waals surface area contributed by atoms with Crippen LogP contribution in [-0.4, -0.2) is 51.0 Å². The number of amides is 3. The van der Waals surface area contributed by atoms with Gasteiger partial charge in [0.15, 0.2) is 0 Å². The van der Waals surface area contributed by atoms with Crippen LogP contribution in [0.3, 0.4) is 0 Å². The first-order chi connectivity index (χ1) is 14.0. The number of para-hydroxylation sites is 1. The molecular weight excluding hydrogens is 370 g/mol. The lowest BCUT2D eigenvalue weighted by molar-refractivity contribution is -0.132. The van der Waals surface area contributed by atoms with Crippen LogP contribution in [0, 0.1) is 0 Å². The van der Waals surface area contributed by atoms with Gasteiger partial charge in [0, 0.05) is 36.7 Å². The molecule has 2 aliphatic heterocycles. The Balaban J connectivity index is 1.65. The van der Waals surface area contributed by atoms with Crippen LogP contribution >= 0.6 is 0 Å². The second-order valence-electron chi connectivity index (χ2n) is 7.58. The third-order valence-electron chi connectivity index (χ3n) is 5.94. The number of urea groups is 1. The van der Waals surface area contributed by atoms with Gasteiger partial charge in [0.05, 0.1) is 18.0 Å². The van der Waals surface area contributed by atoms with E-state index in [-0.39, 0.29) is 23.4 Å². The Morgan fingerprint density at radius 1 is 1.10 bits per heavy atom. The van der Waals surface area contributed by atoms with Crippen LogP contribution in [0.25, 0.3) is 10.9 Å². The molecule has 7 heteroatoms. The number of carbonyl (C=O) groups is 3. The van der Waals surface area contributed by atoms with Crippen molar-refractivity contribution in [2.24, 2.45) is 0 Å². The first-order valence-corrected chi connectivity index (χ1v) is 9.44. The Bertz CT molecular complexity index is 1180. The van der Waals surface area contributed by atoms with Crippen molar-refractivity contribution in [3.63, 3.8) is 0 Å². The number of carbonyl (C=O) groups excluding carboxylic acids is 2. The molecule has 1 fully saturated rings. The highest BCUT2D eigenvalue weighted by molar-refractivity contribution is 6.04. The lowest BCUT2D eigenvalue weighted by Crippen LogP contribution is -2.56. The maximum absolute atomic E-state index is 12.8. The Kier molecular flexibility index (Phi) is 3.74. The van der Waals surface area contributed by atoms with E-state index >= 15 is 0 Å². The Labute approximate surface area is 166 Å². The molecule has 1 saturated heterocycles. The van der Waals surface area contributed by atoms with E-state index in [1.807, 2.05) is 24.3 Å². The SMILES string of the molecule is CN1C(=O)C2CN(Cc3c2c2ccccc2n3Cc2ccc(C(=O)O)cc2)C1=O. The predicted octanol–water partition coefficient (Wildman–Crippen LogP) is 2.88. The third kappa shape index (κ3) is 2.54. The fourth-order valence-electron chi connectivity index (χ4n) is 4.50. The topological polar surface area (TPSA) is 82.8 Å². The molecule has 2 aliphatic rings. The molecule has 3 aromatic rings. The summed E-state index contributed by atoms with van der Waals surface area (Å²) in [5, 5.41) is 10.1. The van der Waals surface area contributed by atoms with Gasteiger partial charge in [-0.25, -0.2) is 9.59 Å². The number of aromatic nitrogens is 1. The smallest absolute Gasteiger partial charge is 0.335 e. The van der Waals surface area contributed by atoms with Crippen molar-refractivity contribution in [3.05, 3.63) is 70.9 Å². The summed E-state index contributed by atoms with van der Waals surface area (Å²) in [4.78, 5) is 39.4. The van der Waals surface area contributed by atoms with E-state index in [0.29, 0.717) is 19.6 Å². The van der Waals surface area contributed by atoms with E-state index < -0.39 is 5.97 Å². The average Bonchev–Trinajstić information content (AvgIpc) is 3.04. The highest BCUT2D eigenvalue weighted by atomic mass is 16.4. The summed E-state index contributed by atoms with van der Waals surface area (Å²) in [6, 6.07) is 14.5. The van der Waals surface area contributed by atoms with Crippen molar-refractivity contribution in [3.8, 4) is 0 Å². The molecule has 5 rings (SSSR count). The van der Waals surface area contributed by atoms with Gasteiger partial charge in [-0.05, 0) is 29.3 Å². The minimum absolute atomic E-state index is 0.166. The number of imide groups is 1. The lowest BCUT2D eigenvalue weighted by atomic mass is 9.89. The van der Waals surface area contributed by atoms with Gasteiger partial charge in [0.1, 0.15) is 0 Å². The molecule has 2 aromatic carbocycles. The zero-order valence-corrected chi connectivity index (χ0v) is 15.8. The molecule has 0 radical (unpaired) electrons. The monoisotopic (exact) mass is 389 g/mol. The maximum atomic E-state index is 12.8. The number of hydrogen-bond acceptors (Lipinski definition) is 3. The van der Waals surface area contributed by atoms with Crippen molar-refractivity contribution in [1.29, 1.82) is 0 Å². The van der Waals surface area contributed by atoms with Gasteiger partial charge in [0.25, 0.3) is 0 Å². The molecule has 2 bridgehead atoms. The lowest BCUT2D eigenvalue weighted by Gasteiger charge is -2.41. The van der Waals surface area contributed by atoms with Gasteiger partial charge in [-0.15, -0.1) is 0 Å². The molecule has 0 aliphatic carbocycles. The minimum atomic E-state index is -0.956. The molecule has 7 nitrogen and oxygen atoms in total. The van der Waals surface area contributed by atoms with Crippen molar-refractivity contribution < 1.29 is 19.5 Å². The third-order valence-corrected chi connectivity index (χ3v) is 5.94. The van der Waals surface area contributed by atoms with Gasteiger partial charge < -0.3 is 14.6 Å². The summed E-state index contributed by atoms with van der Waals surface area (Å²) in [6.07, 6.45) is 0. The average molecular weight is 389 g/mol. The van der Waals surface area contributed by atoms with Gasteiger partial charge in [-0.3, -0.25) is 9.69 Å². The molecule has 1 atom stereocenters. The van der Waals surface area contributed by atoms with Crippen LogP contribution in [0.4, 0.5) is 4.79 Å². The van der Waals surface area contributed by atoms with Gasteiger partial charge >= 0.3 is 12.0 Å². The van der Waals surface area contributed by atoms with Crippen LogP contribution < -0.4 is 0 Å². The first-order valence-electron chi connectivity index (χ1n) is 9.44. The number of aromatic carboxylic acids is 1. The quantitative estimate of drug-likeness (QED) is 0.747. The van der Waals surface area contributed by atoms with Gasteiger partial charge in [-0.1, -0.05) is 30.3 Å². The summed E-state index contributed by atoms with van der Waals surface area (Å²) < 4.78 is 2.14. The summed E-state index contributed by atoms with van der Waals surface area (Å²) in [5.74, 6) is -1.48. The molecular formula is C22H19N3O4. The number of rotatable bonds is 3. The number of fused-ring (bicyclic) bond motifs is 6. The Hall–Kier alpha value is -3.61. The fraction of sp³-hybridized carbons (Fsp3) is 0.227. The normalized spacial score (nSPS) is 18.3. The largest absolute Gasteiger partial charge is 0.478 e. The first kappa shape index (κ1) is 17.5. The van der Waals surface area contributed by atoms with E-state index in [1.165, 1.54) is 11.9 Å². The van der Waals surface area contributed by atoms with Crippen LogP contribution in [0.2, 0.25) is 0 Å². The summed E-state index contributed by atoms with van der Waals surface area (Å²) >= 11 is 0. The molecule has 1 aromatic heterocycles. The molecule has 146 valence electrons. The number of carboxylic acid groups (broad SMARTS) is 1. The van der Waals surface area contributed by atoms with Gasteiger partial charge in [0.2, 0.25) is 5.91 Å². The highest BCUT2D eigenvalue weighted by Crippen LogP contribution is 2.40. The molecule has 0 spiro atoms. The minimum Gasteiger partial charge on any atom is -0.478 e. The van der Waals surface area contributed by atoms with E-state index in [2.05, 4.69) is 4.57 Å². The molecule has 0 saturated carbocycles. The van der Waals surface area contributed by atoms with Gasteiger partial charge in [-0.2, -0.15) is 0 Å². The highest BCUT2D eigenvalue weighted by Gasteiger charge is 2.44. The predicted molar refractivity (Wildman–Crippen MR) is 106 cm³/mol. The Morgan fingerprint density at radius 2 is 1.83 bits per heavy atom. The second kappa shape index (κ2) is 6.20. The molecule has 29 heavy (non-hydrogen) atoms. The Morgan fingerprint density at radius 3 is 2.55 bits per heavy atom. The van der Waals surface area contributed by atoms with E-state index in [9.17, 15) is 14.4 Å². The van der Waals surface area contributed by atoms with E-state index in [4.69, 9.17) is 5.11 Å². The van der Waals surface area contributed by atoms with Crippen LogP contribution in [-0.2, 0) is 17.9 Å². The number of likely N-dealkylation sites (N-methyl/N-ethyl adjacent to an activating group) is 1. The number of nitrogens with zero attached hydrogens (tertiary/aromatic N) is 3. The molecule has 1 N–H and O–H groups in total. The van der Waals surface area contributed by atoms with Crippen molar-refractivity contribution in [2.75, 3.05) is 13.6 Å². The second-order valence-corrected chi connectivity index (χ2v) is 7.58. The molecule has 3 heterocycles. The van der Waals surface area contributed by atoms with Crippen LogP contribution in [0.5, 0.6) is 0 Å². The maximum Gasteiger partial charge on any atom is 0.335 e. The van der Waals surface area contributed by atoms with Crippen molar-refractivity contribution >= 4 is 28.8 Å². The van der Waals surface area contributed by atoms with Crippen molar-refractivity contribution in [2.45, 2.75) is 19.0 Å². The molecule has 1 unspecified atom stereocenters. The molecule has 3 amide bonds. The summed E-state index contributed by atoms with van der Waals surface area (Å²) in [6.45, 7) is 1.40. The van der Waals surface area contributed by atoms with E-state index in [1.54, 1.807) is 29.2 Å². The summed E-state index contributed by atoms with van der Waals surface area (Å²) in [7, 11) is 1.54.